The van der Waals surface area contributed by atoms with E-state index in [1.807, 2.05) is 0 Å². The van der Waals surface area contributed by atoms with Crippen LogP contribution in [0.1, 0.15) is 26.9 Å². The van der Waals surface area contributed by atoms with E-state index in [1.54, 1.807) is 11.3 Å². The summed E-state index contributed by atoms with van der Waals surface area (Å²) < 4.78 is 6.81. The third kappa shape index (κ3) is 2.09. The van der Waals surface area contributed by atoms with Gasteiger partial charge in [0.25, 0.3) is 0 Å². The first-order chi connectivity index (χ1) is 8.66. The van der Waals surface area contributed by atoms with Crippen LogP contribution < -0.4 is 4.74 Å². The Balaban J connectivity index is 2.10. The van der Waals surface area contributed by atoms with Crippen LogP contribution in [0.5, 0.6) is 5.75 Å². The highest BCUT2D eigenvalue weighted by Gasteiger charge is 2.24. The Kier molecular flexibility index (Phi) is 3.39. The molecule has 1 aromatic heterocycles. The molecule has 18 heavy (non-hydrogen) atoms. The lowest BCUT2D eigenvalue weighted by Crippen LogP contribution is -1.97. The SMILES string of the molecule is Cc1ccsc1C(Cl)c1cc(Br)cc2c1OCC2. The molecular weight excluding hydrogens is 332 g/mol. The van der Waals surface area contributed by atoms with E-state index in [0.717, 1.165) is 28.8 Å². The van der Waals surface area contributed by atoms with Crippen LogP contribution in [0.3, 0.4) is 0 Å². The van der Waals surface area contributed by atoms with E-state index in [4.69, 9.17) is 16.3 Å². The van der Waals surface area contributed by atoms with Gasteiger partial charge in [-0.3, -0.25) is 0 Å². The number of thiophene rings is 1. The Bertz CT molecular complexity index is 593. The number of ether oxygens (including phenoxy) is 1. The topological polar surface area (TPSA) is 9.23 Å². The Morgan fingerprint density at radius 2 is 2.28 bits per heavy atom. The van der Waals surface area contributed by atoms with E-state index in [9.17, 15) is 0 Å². The first kappa shape index (κ1) is 12.5. The fraction of sp³-hybridized carbons (Fsp3) is 0.286. The lowest BCUT2D eigenvalue weighted by Gasteiger charge is -2.14. The number of aryl methyl sites for hydroxylation is 1. The summed E-state index contributed by atoms with van der Waals surface area (Å²) >= 11 is 11.9. The van der Waals surface area contributed by atoms with E-state index in [-0.39, 0.29) is 5.38 Å². The van der Waals surface area contributed by atoms with Gasteiger partial charge in [-0.05, 0) is 41.6 Å². The monoisotopic (exact) mass is 342 g/mol. The van der Waals surface area contributed by atoms with Crippen LogP contribution in [-0.2, 0) is 6.42 Å². The van der Waals surface area contributed by atoms with Crippen molar-refractivity contribution in [2.75, 3.05) is 6.61 Å². The molecule has 94 valence electrons. The molecule has 1 aromatic carbocycles. The van der Waals surface area contributed by atoms with Gasteiger partial charge < -0.3 is 4.74 Å². The molecule has 1 atom stereocenters. The minimum atomic E-state index is -0.130. The molecule has 1 aliphatic rings. The van der Waals surface area contributed by atoms with Gasteiger partial charge in [0.05, 0.1) is 12.0 Å². The third-order valence-corrected chi connectivity index (χ3v) is 5.31. The van der Waals surface area contributed by atoms with Crippen LogP contribution in [-0.4, -0.2) is 6.61 Å². The van der Waals surface area contributed by atoms with Crippen LogP contribution in [0.25, 0.3) is 0 Å². The van der Waals surface area contributed by atoms with Gasteiger partial charge in [-0.2, -0.15) is 0 Å². The molecule has 1 unspecified atom stereocenters. The maximum atomic E-state index is 6.64. The Hall–Kier alpha value is -0.510. The van der Waals surface area contributed by atoms with Crippen molar-refractivity contribution >= 4 is 38.9 Å². The molecule has 0 bridgehead atoms. The fourth-order valence-electron chi connectivity index (χ4n) is 2.27. The summed E-state index contributed by atoms with van der Waals surface area (Å²) in [4.78, 5) is 1.20. The predicted molar refractivity (Wildman–Crippen MR) is 80.1 cm³/mol. The van der Waals surface area contributed by atoms with Crippen LogP contribution in [0.4, 0.5) is 0 Å². The van der Waals surface area contributed by atoms with Crippen molar-refractivity contribution in [2.24, 2.45) is 0 Å². The second kappa shape index (κ2) is 4.87. The first-order valence-corrected chi connectivity index (χ1v) is 7.91. The Labute approximate surface area is 124 Å². The normalized spacial score (nSPS) is 15.3. The number of fused-ring (bicyclic) bond motifs is 1. The van der Waals surface area contributed by atoms with Gasteiger partial charge in [0.2, 0.25) is 0 Å². The number of benzene rings is 1. The zero-order valence-corrected chi connectivity index (χ0v) is 13.0. The molecule has 0 fully saturated rings. The minimum Gasteiger partial charge on any atom is -0.493 e. The quantitative estimate of drug-likeness (QED) is 0.691. The zero-order valence-electron chi connectivity index (χ0n) is 9.87. The molecule has 0 spiro atoms. The summed E-state index contributed by atoms with van der Waals surface area (Å²) in [6.07, 6.45) is 0.967. The van der Waals surface area contributed by atoms with Crippen molar-refractivity contribution in [1.82, 2.24) is 0 Å². The van der Waals surface area contributed by atoms with Crippen molar-refractivity contribution < 1.29 is 4.74 Å². The van der Waals surface area contributed by atoms with Gasteiger partial charge in [-0.25, -0.2) is 0 Å². The van der Waals surface area contributed by atoms with E-state index >= 15 is 0 Å². The molecule has 0 aliphatic carbocycles. The fourth-order valence-corrected chi connectivity index (χ4v) is 4.20. The standard InChI is InChI=1S/C14H12BrClOS/c1-8-3-5-18-14(8)12(16)11-7-10(15)6-9-2-4-17-13(9)11/h3,5-7,12H,2,4H2,1H3. The molecular formula is C14H12BrClOS. The molecule has 3 rings (SSSR count). The van der Waals surface area contributed by atoms with E-state index in [2.05, 4.69) is 46.4 Å². The second-order valence-corrected chi connectivity index (χ2v) is 6.71. The molecule has 0 N–H and O–H groups in total. The molecule has 4 heteroatoms. The van der Waals surface area contributed by atoms with Crippen LogP contribution in [0.2, 0.25) is 0 Å². The number of rotatable bonds is 2. The molecule has 2 aromatic rings. The van der Waals surface area contributed by atoms with Crippen LogP contribution >= 0.6 is 38.9 Å². The summed E-state index contributed by atoms with van der Waals surface area (Å²) in [6.45, 7) is 2.85. The van der Waals surface area contributed by atoms with Gasteiger partial charge in [0.15, 0.2) is 0 Å². The van der Waals surface area contributed by atoms with Crippen molar-refractivity contribution in [3.63, 3.8) is 0 Å². The lowest BCUT2D eigenvalue weighted by atomic mass is 10.0. The average Bonchev–Trinajstić information content (AvgIpc) is 2.95. The summed E-state index contributed by atoms with van der Waals surface area (Å²) in [5.41, 5.74) is 3.56. The average molecular weight is 344 g/mol. The van der Waals surface area contributed by atoms with E-state index in [1.165, 1.54) is 16.0 Å². The maximum Gasteiger partial charge on any atom is 0.127 e. The van der Waals surface area contributed by atoms with E-state index < -0.39 is 0 Å². The van der Waals surface area contributed by atoms with Crippen LogP contribution in [0, 0.1) is 6.92 Å². The predicted octanol–water partition coefficient (Wildman–Crippen LogP) is 5.08. The Morgan fingerprint density at radius 3 is 3.00 bits per heavy atom. The lowest BCUT2D eigenvalue weighted by molar-refractivity contribution is 0.353. The largest absolute Gasteiger partial charge is 0.493 e. The summed E-state index contributed by atoms with van der Waals surface area (Å²) in [5, 5.41) is 1.95. The molecule has 0 saturated heterocycles. The van der Waals surface area contributed by atoms with Crippen molar-refractivity contribution in [2.45, 2.75) is 18.7 Å². The number of halogens is 2. The van der Waals surface area contributed by atoms with Gasteiger partial charge in [-0.1, -0.05) is 15.9 Å². The minimum absolute atomic E-state index is 0.130. The van der Waals surface area contributed by atoms with Gasteiger partial charge in [0, 0.05) is 21.3 Å². The van der Waals surface area contributed by atoms with Crippen molar-refractivity contribution in [1.29, 1.82) is 0 Å². The second-order valence-electron chi connectivity index (χ2n) is 4.41. The van der Waals surface area contributed by atoms with Gasteiger partial charge >= 0.3 is 0 Å². The molecule has 2 heterocycles. The molecule has 1 aliphatic heterocycles. The maximum absolute atomic E-state index is 6.64. The molecule has 0 saturated carbocycles. The molecule has 0 radical (unpaired) electrons. The molecule has 0 amide bonds. The highest BCUT2D eigenvalue weighted by Crippen LogP contribution is 2.43. The number of hydrogen-bond donors (Lipinski definition) is 0. The number of hydrogen-bond acceptors (Lipinski definition) is 2. The van der Waals surface area contributed by atoms with Crippen LogP contribution in [0.15, 0.2) is 28.1 Å². The van der Waals surface area contributed by atoms with Crippen molar-refractivity contribution in [3.8, 4) is 5.75 Å². The van der Waals surface area contributed by atoms with E-state index in [0.29, 0.717) is 0 Å². The Morgan fingerprint density at radius 1 is 1.44 bits per heavy atom. The van der Waals surface area contributed by atoms with Gasteiger partial charge in [-0.15, -0.1) is 22.9 Å². The van der Waals surface area contributed by atoms with Gasteiger partial charge in [0.1, 0.15) is 5.75 Å². The van der Waals surface area contributed by atoms with Crippen molar-refractivity contribution in [3.05, 3.63) is 49.6 Å². The third-order valence-electron chi connectivity index (χ3n) is 3.18. The smallest absolute Gasteiger partial charge is 0.127 e. The zero-order chi connectivity index (χ0) is 12.7. The summed E-state index contributed by atoms with van der Waals surface area (Å²) in [6, 6.07) is 6.30. The first-order valence-electron chi connectivity index (χ1n) is 5.80. The summed E-state index contributed by atoms with van der Waals surface area (Å²) in [5.74, 6) is 0.978. The summed E-state index contributed by atoms with van der Waals surface area (Å²) in [7, 11) is 0. The highest BCUT2D eigenvalue weighted by atomic mass is 79.9. The molecule has 1 nitrogen and oxygen atoms in total. The highest BCUT2D eigenvalue weighted by molar-refractivity contribution is 9.10. The number of alkyl halides is 1.